The Hall–Kier alpha value is -3.28. The fourth-order valence-electron chi connectivity index (χ4n) is 2.64. The minimum Gasteiger partial charge on any atom is -0.467 e. The molecule has 0 spiro atoms. The third-order valence-electron chi connectivity index (χ3n) is 4.35. The van der Waals surface area contributed by atoms with E-state index in [2.05, 4.69) is 27.2 Å². The number of carbonyl (C=O) groups is 2. The minimum atomic E-state index is -2.37. The van der Waals surface area contributed by atoms with E-state index in [9.17, 15) is 18.4 Å². The number of carbonyl (C=O) groups excluding carboxylic acids is 2. The fourth-order valence-corrected chi connectivity index (χ4v) is 2.64. The number of alkyl halides is 2. The topological polar surface area (TPSA) is 93.4 Å². The Morgan fingerprint density at radius 2 is 1.58 bits per heavy atom. The first-order valence-corrected chi connectivity index (χ1v) is 9.64. The van der Waals surface area contributed by atoms with Gasteiger partial charge in [0.05, 0.1) is 13.7 Å². The summed E-state index contributed by atoms with van der Waals surface area (Å²) in [7, 11) is 1.23. The highest BCUT2D eigenvalue weighted by Gasteiger charge is 2.25. The molecule has 0 saturated carbocycles. The van der Waals surface area contributed by atoms with E-state index in [1.54, 1.807) is 31.2 Å². The van der Waals surface area contributed by atoms with Crippen molar-refractivity contribution >= 4 is 11.9 Å². The zero-order valence-corrected chi connectivity index (χ0v) is 17.3. The fraction of sp³-hybridized carbons (Fsp3) is 0.304. The van der Waals surface area contributed by atoms with Crippen LogP contribution in [0.2, 0.25) is 0 Å². The number of nitrogens with one attached hydrogen (secondary N) is 2. The van der Waals surface area contributed by atoms with Gasteiger partial charge in [-0.3, -0.25) is 4.79 Å². The summed E-state index contributed by atoms with van der Waals surface area (Å²) in [5, 5.41) is 5.23. The normalized spacial score (nSPS) is 12.5. The first-order chi connectivity index (χ1) is 14.8. The molecule has 31 heavy (non-hydrogen) atoms. The van der Waals surface area contributed by atoms with E-state index < -0.39 is 30.4 Å². The number of ether oxygens (including phenoxy) is 1. The molecule has 0 bridgehead atoms. The average Bonchev–Trinajstić information content (AvgIpc) is 2.76. The second-order valence-electron chi connectivity index (χ2n) is 6.88. The van der Waals surface area contributed by atoms with Crippen molar-refractivity contribution < 1.29 is 23.1 Å². The number of rotatable bonds is 8. The second-order valence-corrected chi connectivity index (χ2v) is 6.88. The number of hydrogen-bond donors (Lipinski definition) is 3. The van der Waals surface area contributed by atoms with E-state index in [4.69, 9.17) is 5.73 Å². The summed E-state index contributed by atoms with van der Waals surface area (Å²) in [5.41, 5.74) is 8.47. The third kappa shape index (κ3) is 7.81. The monoisotopic (exact) mass is 429 g/mol. The van der Waals surface area contributed by atoms with Gasteiger partial charge in [0.15, 0.2) is 0 Å². The number of benzene rings is 2. The number of methoxy groups -OCH3 is 1. The molecule has 8 heteroatoms. The van der Waals surface area contributed by atoms with Gasteiger partial charge in [-0.05, 0) is 48.9 Å². The highest BCUT2D eigenvalue weighted by Crippen LogP contribution is 2.07. The largest absolute Gasteiger partial charge is 0.467 e. The van der Waals surface area contributed by atoms with Gasteiger partial charge < -0.3 is 21.1 Å². The summed E-state index contributed by atoms with van der Waals surface area (Å²) in [6.07, 6.45) is -2.37. The lowest BCUT2D eigenvalue weighted by Crippen LogP contribution is -2.51. The molecule has 0 unspecified atom stereocenters. The Morgan fingerprint density at radius 1 is 1.03 bits per heavy atom. The Bertz CT molecular complexity index is 933. The lowest BCUT2D eigenvalue weighted by Gasteiger charge is -2.19. The van der Waals surface area contributed by atoms with Gasteiger partial charge in [0.25, 0.3) is 12.3 Å². The third-order valence-corrected chi connectivity index (χ3v) is 4.35. The number of amides is 1. The molecule has 2 atom stereocenters. The van der Waals surface area contributed by atoms with Crippen molar-refractivity contribution in [3.8, 4) is 11.8 Å². The minimum absolute atomic E-state index is 0.343. The van der Waals surface area contributed by atoms with Gasteiger partial charge in [-0.15, -0.1) is 0 Å². The van der Waals surface area contributed by atoms with Crippen molar-refractivity contribution in [1.82, 2.24) is 10.6 Å². The smallest absolute Gasteiger partial charge is 0.329 e. The predicted molar refractivity (Wildman–Crippen MR) is 113 cm³/mol. The van der Waals surface area contributed by atoms with Gasteiger partial charge in [-0.1, -0.05) is 24.0 Å². The molecular weight excluding hydrogens is 404 g/mol. The van der Waals surface area contributed by atoms with E-state index in [0.29, 0.717) is 17.7 Å². The molecule has 0 fully saturated rings. The molecule has 0 saturated heterocycles. The number of halogens is 2. The van der Waals surface area contributed by atoms with Crippen LogP contribution in [0.15, 0.2) is 48.5 Å². The molecule has 164 valence electrons. The van der Waals surface area contributed by atoms with Gasteiger partial charge in [0, 0.05) is 29.3 Å². The summed E-state index contributed by atoms with van der Waals surface area (Å²) in [6, 6.07) is 12.3. The van der Waals surface area contributed by atoms with Gasteiger partial charge in [0.1, 0.15) is 6.04 Å². The average molecular weight is 429 g/mol. The van der Waals surface area contributed by atoms with Gasteiger partial charge in [-0.2, -0.15) is 0 Å². The molecule has 6 nitrogen and oxygen atoms in total. The first kappa shape index (κ1) is 24.0. The maximum absolute atomic E-state index is 12.4. The van der Waals surface area contributed by atoms with Crippen LogP contribution in [-0.4, -0.2) is 44.0 Å². The molecule has 2 aromatic rings. The van der Waals surface area contributed by atoms with Crippen LogP contribution in [-0.2, 0) is 16.1 Å². The highest BCUT2D eigenvalue weighted by molar-refractivity contribution is 5.97. The number of esters is 1. The molecule has 2 aromatic carbocycles. The Balaban J connectivity index is 1.97. The number of hydrogen-bond acceptors (Lipinski definition) is 5. The van der Waals surface area contributed by atoms with Gasteiger partial charge in [-0.25, -0.2) is 13.6 Å². The lowest BCUT2D eigenvalue weighted by atomic mass is 10.1. The Kier molecular flexibility index (Phi) is 9.13. The van der Waals surface area contributed by atoms with Crippen LogP contribution in [0, 0.1) is 11.8 Å². The molecule has 0 heterocycles. The van der Waals surface area contributed by atoms with Crippen LogP contribution < -0.4 is 16.4 Å². The van der Waals surface area contributed by atoms with Crippen LogP contribution in [0.25, 0.3) is 0 Å². The summed E-state index contributed by atoms with van der Waals surface area (Å²) in [6.45, 7) is 1.62. The number of nitrogens with two attached hydrogens (primary N) is 1. The summed E-state index contributed by atoms with van der Waals surface area (Å²) in [4.78, 5) is 24.1. The van der Waals surface area contributed by atoms with Crippen molar-refractivity contribution in [1.29, 1.82) is 0 Å². The maximum atomic E-state index is 12.4. The van der Waals surface area contributed by atoms with Crippen LogP contribution in [0.3, 0.4) is 0 Å². The van der Waals surface area contributed by atoms with Crippen LogP contribution in [0.4, 0.5) is 8.78 Å². The summed E-state index contributed by atoms with van der Waals surface area (Å²) < 4.78 is 28.9. The van der Waals surface area contributed by atoms with Crippen LogP contribution in [0.1, 0.15) is 34.0 Å². The Labute approximate surface area is 180 Å². The SMILES string of the molecule is COC(=O)[C@@H](NC(=O)c1ccc(C#Cc2ccc(CNCC(F)F)cc2)cc1)[C@@H](C)N. The van der Waals surface area contributed by atoms with Crippen LogP contribution in [0.5, 0.6) is 0 Å². The van der Waals surface area contributed by atoms with Crippen molar-refractivity contribution in [2.24, 2.45) is 5.73 Å². The van der Waals surface area contributed by atoms with Crippen molar-refractivity contribution in [3.63, 3.8) is 0 Å². The maximum Gasteiger partial charge on any atom is 0.329 e. The zero-order valence-electron chi connectivity index (χ0n) is 17.3. The molecule has 4 N–H and O–H groups in total. The predicted octanol–water partition coefficient (Wildman–Crippen LogP) is 2.06. The van der Waals surface area contributed by atoms with E-state index >= 15 is 0 Å². The molecule has 0 aromatic heterocycles. The van der Waals surface area contributed by atoms with E-state index in [1.807, 2.05) is 24.3 Å². The Morgan fingerprint density at radius 3 is 2.06 bits per heavy atom. The molecule has 0 radical (unpaired) electrons. The molecular formula is C23H25F2N3O3. The van der Waals surface area contributed by atoms with Gasteiger partial charge in [0.2, 0.25) is 0 Å². The van der Waals surface area contributed by atoms with Gasteiger partial charge >= 0.3 is 5.97 Å². The standard InChI is InChI=1S/C23H25F2N3O3/c1-15(26)21(23(30)31-2)28-22(29)19-11-9-17(10-12-19)4-3-16-5-7-18(8-6-16)13-27-14-20(24)25/h5-12,15,20-21,27H,13-14,26H2,1-2H3,(H,28,29)/t15-,21+/m1/s1. The molecule has 0 aliphatic rings. The quantitative estimate of drug-likeness (QED) is 0.441. The van der Waals surface area contributed by atoms with Crippen molar-refractivity contribution in [2.45, 2.75) is 32.0 Å². The molecule has 0 aliphatic heterocycles. The highest BCUT2D eigenvalue weighted by atomic mass is 19.3. The second kappa shape index (κ2) is 11.8. The van der Waals surface area contributed by atoms with Crippen molar-refractivity contribution in [2.75, 3.05) is 13.7 Å². The molecule has 0 aliphatic carbocycles. The molecule has 1 amide bonds. The van der Waals surface area contributed by atoms with E-state index in [1.165, 1.54) is 7.11 Å². The summed E-state index contributed by atoms with van der Waals surface area (Å²) >= 11 is 0. The zero-order chi connectivity index (χ0) is 22.8. The van der Waals surface area contributed by atoms with Crippen LogP contribution >= 0.6 is 0 Å². The lowest BCUT2D eigenvalue weighted by molar-refractivity contribution is -0.143. The van der Waals surface area contributed by atoms with E-state index in [0.717, 1.165) is 11.1 Å². The first-order valence-electron chi connectivity index (χ1n) is 9.64. The summed E-state index contributed by atoms with van der Waals surface area (Å²) in [5.74, 6) is 4.96. The molecule has 2 rings (SSSR count). The van der Waals surface area contributed by atoms with E-state index in [-0.39, 0.29) is 6.54 Å². The van der Waals surface area contributed by atoms with Crippen molar-refractivity contribution in [3.05, 3.63) is 70.8 Å².